The Bertz CT molecular complexity index is 1020. The zero-order valence-corrected chi connectivity index (χ0v) is 17.6. The molecule has 0 bridgehead atoms. The third-order valence-corrected chi connectivity index (χ3v) is 5.35. The van der Waals surface area contributed by atoms with Crippen LogP contribution < -0.4 is 4.90 Å². The van der Waals surface area contributed by atoms with Gasteiger partial charge >= 0.3 is 0 Å². The molecule has 3 aromatic rings. The molecule has 0 heterocycles. The predicted molar refractivity (Wildman–Crippen MR) is 126 cm³/mol. The molecule has 0 atom stereocenters. The first-order valence-electron chi connectivity index (χ1n) is 10.4. The van der Waals surface area contributed by atoms with Gasteiger partial charge in [-0.25, -0.2) is 0 Å². The molecule has 0 spiro atoms. The van der Waals surface area contributed by atoms with Crippen LogP contribution in [0.15, 0.2) is 103 Å². The summed E-state index contributed by atoms with van der Waals surface area (Å²) in [6, 6.07) is 29.3. The number of hydrogen-bond acceptors (Lipinski definition) is 2. The highest BCUT2D eigenvalue weighted by Crippen LogP contribution is 2.35. The van der Waals surface area contributed by atoms with E-state index >= 15 is 0 Å². The van der Waals surface area contributed by atoms with Crippen molar-refractivity contribution in [2.45, 2.75) is 26.7 Å². The Morgan fingerprint density at radius 2 is 1.23 bits per heavy atom. The van der Waals surface area contributed by atoms with Crippen LogP contribution in [0.4, 0.5) is 17.1 Å². The number of carbonyl (C=O) groups excluding carboxylic acids is 1. The molecule has 4 rings (SSSR count). The lowest BCUT2D eigenvalue weighted by molar-refractivity contribution is -0.116. The zero-order chi connectivity index (χ0) is 21.0. The number of rotatable bonds is 5. The second-order valence-corrected chi connectivity index (χ2v) is 8.63. The van der Waals surface area contributed by atoms with E-state index in [9.17, 15) is 4.79 Å². The second kappa shape index (κ2) is 8.54. The Morgan fingerprint density at radius 1 is 0.700 bits per heavy atom. The number of nitrogens with zero attached hydrogens (tertiary/aromatic N) is 1. The first kappa shape index (κ1) is 19.9. The highest BCUT2D eigenvalue weighted by atomic mass is 16.1. The number of carbonyl (C=O) groups is 1. The molecule has 1 aliphatic rings. The average molecular weight is 394 g/mol. The summed E-state index contributed by atoms with van der Waals surface area (Å²) in [5.74, 6) is 0.225. The van der Waals surface area contributed by atoms with E-state index in [0.29, 0.717) is 6.42 Å². The minimum atomic E-state index is 0.0429. The van der Waals surface area contributed by atoms with E-state index in [2.05, 4.69) is 104 Å². The van der Waals surface area contributed by atoms with Crippen molar-refractivity contribution in [1.82, 2.24) is 0 Å². The fraction of sp³-hybridized carbons (Fsp3) is 0.179. The predicted octanol–water partition coefficient (Wildman–Crippen LogP) is 7.49. The van der Waals surface area contributed by atoms with Crippen LogP contribution in [0.3, 0.4) is 0 Å². The normalized spacial score (nSPS) is 15.8. The van der Waals surface area contributed by atoms with E-state index in [1.165, 1.54) is 0 Å². The maximum absolute atomic E-state index is 12.0. The molecule has 2 heteroatoms. The summed E-state index contributed by atoms with van der Waals surface area (Å²) in [6.07, 6.45) is 7.54. The van der Waals surface area contributed by atoms with Crippen molar-refractivity contribution in [3.8, 4) is 0 Å². The van der Waals surface area contributed by atoms with Crippen LogP contribution in [0.5, 0.6) is 0 Å². The molecule has 0 unspecified atom stereocenters. The fourth-order valence-corrected chi connectivity index (χ4v) is 4.04. The van der Waals surface area contributed by atoms with E-state index in [4.69, 9.17) is 0 Å². The second-order valence-electron chi connectivity index (χ2n) is 8.63. The molecule has 1 aliphatic carbocycles. The molecule has 2 nitrogen and oxygen atoms in total. The van der Waals surface area contributed by atoms with Crippen molar-refractivity contribution in [1.29, 1.82) is 0 Å². The molecule has 0 radical (unpaired) electrons. The molecule has 0 N–H and O–H groups in total. The molecular weight excluding hydrogens is 366 g/mol. The van der Waals surface area contributed by atoms with Gasteiger partial charge in [0, 0.05) is 23.5 Å². The Morgan fingerprint density at radius 3 is 1.77 bits per heavy atom. The lowest BCUT2D eigenvalue weighted by atomic mass is 9.77. The first-order valence-corrected chi connectivity index (χ1v) is 10.4. The summed E-state index contributed by atoms with van der Waals surface area (Å²) < 4.78 is 0. The standard InChI is InChI=1S/C28H27NO/c1-28(2)20-23(19-27(30)21-28)14-13-22-15-17-26(18-16-22)29(24-9-5-3-6-10-24)25-11-7-4-8-12-25/h3-19H,20-21H2,1-2H3/b14-13+. The van der Waals surface area contributed by atoms with Crippen LogP contribution >= 0.6 is 0 Å². The van der Waals surface area contributed by atoms with Crippen LogP contribution in [-0.4, -0.2) is 5.78 Å². The molecule has 0 saturated heterocycles. The van der Waals surface area contributed by atoms with Crippen molar-refractivity contribution in [2.24, 2.45) is 5.41 Å². The summed E-state index contributed by atoms with van der Waals surface area (Å²) in [7, 11) is 0. The smallest absolute Gasteiger partial charge is 0.156 e. The maximum Gasteiger partial charge on any atom is 0.156 e. The summed E-state index contributed by atoms with van der Waals surface area (Å²) >= 11 is 0. The Kier molecular flexibility index (Phi) is 5.67. The van der Waals surface area contributed by atoms with Gasteiger partial charge in [-0.05, 0) is 65.4 Å². The third kappa shape index (κ3) is 4.77. The highest BCUT2D eigenvalue weighted by Gasteiger charge is 2.26. The van der Waals surface area contributed by atoms with Gasteiger partial charge in [-0.2, -0.15) is 0 Å². The fourth-order valence-electron chi connectivity index (χ4n) is 4.04. The third-order valence-electron chi connectivity index (χ3n) is 5.35. The van der Waals surface area contributed by atoms with Crippen molar-refractivity contribution in [3.05, 3.63) is 108 Å². The van der Waals surface area contributed by atoms with Gasteiger partial charge in [-0.15, -0.1) is 0 Å². The van der Waals surface area contributed by atoms with Crippen molar-refractivity contribution in [3.63, 3.8) is 0 Å². The summed E-state index contributed by atoms with van der Waals surface area (Å²) in [4.78, 5) is 14.2. The summed E-state index contributed by atoms with van der Waals surface area (Å²) in [5.41, 5.74) is 5.63. The molecule has 0 aliphatic heterocycles. The molecule has 150 valence electrons. The summed E-state index contributed by atoms with van der Waals surface area (Å²) in [6.45, 7) is 4.31. The number of hydrogen-bond donors (Lipinski definition) is 0. The van der Waals surface area contributed by atoms with E-state index in [1.54, 1.807) is 6.08 Å². The summed E-state index contributed by atoms with van der Waals surface area (Å²) in [5, 5.41) is 0. The van der Waals surface area contributed by atoms with Crippen LogP contribution in [0.1, 0.15) is 32.3 Å². The minimum Gasteiger partial charge on any atom is -0.311 e. The van der Waals surface area contributed by atoms with Gasteiger partial charge in [-0.1, -0.05) is 74.5 Å². The lowest BCUT2D eigenvalue weighted by Crippen LogP contribution is -2.21. The minimum absolute atomic E-state index is 0.0429. The van der Waals surface area contributed by atoms with Gasteiger partial charge in [0.2, 0.25) is 0 Å². The number of benzene rings is 3. The van der Waals surface area contributed by atoms with Gasteiger partial charge in [0.25, 0.3) is 0 Å². The van der Waals surface area contributed by atoms with E-state index in [-0.39, 0.29) is 11.2 Å². The number of ketones is 1. The SMILES string of the molecule is CC1(C)CC(=O)C=C(/C=C/c2ccc(N(c3ccccc3)c3ccccc3)cc2)C1. The van der Waals surface area contributed by atoms with Gasteiger partial charge in [0.15, 0.2) is 5.78 Å². The van der Waals surface area contributed by atoms with Crippen LogP contribution in [0.2, 0.25) is 0 Å². The van der Waals surface area contributed by atoms with Gasteiger partial charge in [0.1, 0.15) is 0 Å². The molecule has 0 aromatic heterocycles. The van der Waals surface area contributed by atoms with E-state index < -0.39 is 0 Å². The molecule has 30 heavy (non-hydrogen) atoms. The lowest BCUT2D eigenvalue weighted by Gasteiger charge is -2.27. The van der Waals surface area contributed by atoms with Crippen molar-refractivity contribution < 1.29 is 4.79 Å². The quantitative estimate of drug-likeness (QED) is 0.448. The first-order chi connectivity index (χ1) is 14.5. The zero-order valence-electron chi connectivity index (χ0n) is 17.6. The molecule has 0 fully saturated rings. The van der Waals surface area contributed by atoms with Gasteiger partial charge in [0.05, 0.1) is 0 Å². The topological polar surface area (TPSA) is 20.3 Å². The Balaban J connectivity index is 1.59. The van der Waals surface area contributed by atoms with E-state index in [1.807, 2.05) is 12.1 Å². The van der Waals surface area contributed by atoms with Crippen LogP contribution in [0, 0.1) is 5.41 Å². The van der Waals surface area contributed by atoms with Gasteiger partial charge < -0.3 is 4.90 Å². The number of para-hydroxylation sites is 2. The maximum atomic E-state index is 12.0. The van der Waals surface area contributed by atoms with Crippen LogP contribution in [0.25, 0.3) is 6.08 Å². The molecule has 3 aromatic carbocycles. The van der Waals surface area contributed by atoms with Gasteiger partial charge in [-0.3, -0.25) is 4.79 Å². The van der Waals surface area contributed by atoms with Crippen molar-refractivity contribution >= 4 is 28.9 Å². The molecule has 0 saturated carbocycles. The van der Waals surface area contributed by atoms with Crippen LogP contribution in [-0.2, 0) is 4.79 Å². The Labute approximate surface area is 179 Å². The largest absolute Gasteiger partial charge is 0.311 e. The Hall–Kier alpha value is -3.39. The number of allylic oxidation sites excluding steroid dienone is 3. The monoisotopic (exact) mass is 393 g/mol. The molecule has 0 amide bonds. The molecular formula is C28H27NO. The van der Waals surface area contributed by atoms with E-state index in [0.717, 1.165) is 34.6 Å². The highest BCUT2D eigenvalue weighted by molar-refractivity contribution is 5.92. The average Bonchev–Trinajstić information content (AvgIpc) is 2.74. The number of anilines is 3. The van der Waals surface area contributed by atoms with Crippen molar-refractivity contribution in [2.75, 3.05) is 4.90 Å².